The van der Waals surface area contributed by atoms with Gasteiger partial charge < -0.3 is 10.5 Å². The van der Waals surface area contributed by atoms with Crippen LogP contribution in [0.4, 0.5) is 5.69 Å². The highest BCUT2D eigenvalue weighted by Crippen LogP contribution is 2.25. The molecule has 0 aliphatic carbocycles. The predicted molar refractivity (Wildman–Crippen MR) is 67.2 cm³/mol. The van der Waals surface area contributed by atoms with Crippen molar-refractivity contribution < 1.29 is 4.74 Å². The molecular formula is C13H15N3O. The summed E-state index contributed by atoms with van der Waals surface area (Å²) in [6.45, 7) is 5.72. The molecule has 0 spiro atoms. The highest BCUT2D eigenvalue weighted by atomic mass is 16.5. The summed E-state index contributed by atoms with van der Waals surface area (Å²) in [5.41, 5.74) is 8.31. The van der Waals surface area contributed by atoms with E-state index in [0.717, 1.165) is 17.0 Å². The van der Waals surface area contributed by atoms with E-state index in [2.05, 4.69) is 9.97 Å². The van der Waals surface area contributed by atoms with E-state index >= 15 is 0 Å². The maximum Gasteiger partial charge on any atom is 0.222 e. The summed E-state index contributed by atoms with van der Waals surface area (Å²) < 4.78 is 5.72. The Hall–Kier alpha value is -2.10. The molecule has 0 amide bonds. The lowest BCUT2D eigenvalue weighted by Gasteiger charge is -2.09. The molecule has 4 nitrogen and oxygen atoms in total. The second-order valence-electron chi connectivity index (χ2n) is 4.02. The molecule has 2 aromatic rings. The summed E-state index contributed by atoms with van der Waals surface area (Å²) in [5, 5.41) is 0. The van der Waals surface area contributed by atoms with Gasteiger partial charge in [-0.3, -0.25) is 0 Å². The van der Waals surface area contributed by atoms with Gasteiger partial charge in [0.1, 0.15) is 11.6 Å². The summed E-state index contributed by atoms with van der Waals surface area (Å²) in [6, 6.07) is 7.36. The number of nitrogens with two attached hydrogens (primary N) is 1. The van der Waals surface area contributed by atoms with Crippen LogP contribution < -0.4 is 10.5 Å². The molecule has 0 saturated heterocycles. The lowest BCUT2D eigenvalue weighted by molar-refractivity contribution is 0.456. The monoisotopic (exact) mass is 229 g/mol. The molecule has 1 heterocycles. The van der Waals surface area contributed by atoms with Gasteiger partial charge in [-0.1, -0.05) is 6.07 Å². The van der Waals surface area contributed by atoms with E-state index in [9.17, 15) is 0 Å². The first-order valence-corrected chi connectivity index (χ1v) is 5.41. The molecule has 0 fully saturated rings. The molecular weight excluding hydrogens is 214 g/mol. The van der Waals surface area contributed by atoms with Crippen LogP contribution in [0.1, 0.15) is 17.1 Å². The van der Waals surface area contributed by atoms with Crippen molar-refractivity contribution in [3.05, 3.63) is 41.3 Å². The summed E-state index contributed by atoms with van der Waals surface area (Å²) in [7, 11) is 0. The van der Waals surface area contributed by atoms with E-state index in [1.807, 2.05) is 32.9 Å². The van der Waals surface area contributed by atoms with Gasteiger partial charge in [0.2, 0.25) is 5.88 Å². The summed E-state index contributed by atoms with van der Waals surface area (Å²) >= 11 is 0. The van der Waals surface area contributed by atoms with E-state index < -0.39 is 0 Å². The van der Waals surface area contributed by atoms with E-state index in [1.54, 1.807) is 12.1 Å². The number of aryl methyl sites for hydroxylation is 3. The van der Waals surface area contributed by atoms with Crippen molar-refractivity contribution in [1.29, 1.82) is 0 Å². The highest BCUT2D eigenvalue weighted by Gasteiger charge is 2.05. The minimum atomic E-state index is 0.545. The minimum Gasteiger partial charge on any atom is -0.439 e. The van der Waals surface area contributed by atoms with Gasteiger partial charge in [0.05, 0.1) is 0 Å². The quantitative estimate of drug-likeness (QED) is 0.804. The molecule has 88 valence electrons. The van der Waals surface area contributed by atoms with Crippen LogP contribution in [0.2, 0.25) is 0 Å². The topological polar surface area (TPSA) is 61.0 Å². The molecule has 0 radical (unpaired) electrons. The van der Waals surface area contributed by atoms with Gasteiger partial charge in [-0.2, -0.15) is 4.98 Å². The van der Waals surface area contributed by atoms with E-state index in [0.29, 0.717) is 17.4 Å². The minimum absolute atomic E-state index is 0.545. The molecule has 1 aromatic carbocycles. The number of nitrogens with zero attached hydrogens (tertiary/aromatic N) is 2. The third kappa shape index (κ3) is 2.72. The van der Waals surface area contributed by atoms with Crippen LogP contribution in [0.15, 0.2) is 24.3 Å². The molecule has 4 heteroatoms. The summed E-state index contributed by atoms with van der Waals surface area (Å²) in [5.74, 6) is 1.97. The fourth-order valence-corrected chi connectivity index (χ4v) is 1.57. The Kier molecular flexibility index (Phi) is 2.95. The summed E-state index contributed by atoms with van der Waals surface area (Å²) in [4.78, 5) is 8.43. The van der Waals surface area contributed by atoms with E-state index in [-0.39, 0.29) is 0 Å². The third-order valence-corrected chi connectivity index (χ3v) is 2.37. The molecule has 0 aliphatic rings. The van der Waals surface area contributed by atoms with Gasteiger partial charge in [0.25, 0.3) is 0 Å². The standard InChI is InChI=1S/C13H15N3O/c1-8-4-5-11(14)7-12(8)17-13-6-9(2)15-10(3)16-13/h4-7H,14H2,1-3H3. The lowest BCUT2D eigenvalue weighted by Crippen LogP contribution is -1.96. The number of ether oxygens (including phenoxy) is 1. The second-order valence-corrected chi connectivity index (χ2v) is 4.02. The average molecular weight is 229 g/mol. The van der Waals surface area contributed by atoms with Crippen LogP contribution in [0, 0.1) is 20.8 Å². The van der Waals surface area contributed by atoms with E-state index in [1.165, 1.54) is 0 Å². The smallest absolute Gasteiger partial charge is 0.222 e. The molecule has 2 N–H and O–H groups in total. The van der Waals surface area contributed by atoms with Crippen molar-refractivity contribution in [2.75, 3.05) is 5.73 Å². The van der Waals surface area contributed by atoms with E-state index in [4.69, 9.17) is 10.5 Å². The van der Waals surface area contributed by atoms with Crippen molar-refractivity contribution in [2.45, 2.75) is 20.8 Å². The van der Waals surface area contributed by atoms with Crippen LogP contribution in [-0.4, -0.2) is 9.97 Å². The first-order valence-electron chi connectivity index (χ1n) is 5.41. The Labute approximate surface area is 100 Å². The van der Waals surface area contributed by atoms with Crippen LogP contribution in [-0.2, 0) is 0 Å². The number of hydrogen-bond donors (Lipinski definition) is 1. The Morgan fingerprint density at radius 3 is 2.53 bits per heavy atom. The lowest BCUT2D eigenvalue weighted by atomic mass is 10.2. The molecule has 2 rings (SSSR count). The Balaban J connectivity index is 2.34. The van der Waals surface area contributed by atoms with Gasteiger partial charge in [-0.25, -0.2) is 4.98 Å². The Morgan fingerprint density at radius 2 is 1.82 bits per heavy atom. The largest absolute Gasteiger partial charge is 0.439 e. The van der Waals surface area contributed by atoms with Crippen LogP contribution >= 0.6 is 0 Å². The zero-order valence-electron chi connectivity index (χ0n) is 10.2. The number of anilines is 1. The van der Waals surface area contributed by atoms with Crippen molar-refractivity contribution in [2.24, 2.45) is 0 Å². The molecule has 1 aromatic heterocycles. The van der Waals surface area contributed by atoms with Crippen LogP contribution in [0.3, 0.4) is 0 Å². The SMILES string of the molecule is Cc1cc(Oc2cc(N)ccc2C)nc(C)n1. The molecule has 0 atom stereocenters. The summed E-state index contributed by atoms with van der Waals surface area (Å²) in [6.07, 6.45) is 0. The Morgan fingerprint density at radius 1 is 1.06 bits per heavy atom. The first-order chi connectivity index (χ1) is 8.04. The van der Waals surface area contributed by atoms with Gasteiger partial charge in [-0.05, 0) is 32.4 Å². The zero-order chi connectivity index (χ0) is 12.4. The zero-order valence-corrected chi connectivity index (χ0v) is 10.2. The number of hydrogen-bond acceptors (Lipinski definition) is 4. The van der Waals surface area contributed by atoms with Crippen molar-refractivity contribution in [1.82, 2.24) is 9.97 Å². The molecule has 0 saturated carbocycles. The van der Waals surface area contributed by atoms with Gasteiger partial charge in [-0.15, -0.1) is 0 Å². The Bertz CT molecular complexity index is 532. The normalized spacial score (nSPS) is 10.3. The molecule has 0 aliphatic heterocycles. The van der Waals surface area contributed by atoms with Crippen LogP contribution in [0.25, 0.3) is 0 Å². The van der Waals surface area contributed by atoms with Crippen molar-refractivity contribution >= 4 is 5.69 Å². The van der Waals surface area contributed by atoms with Gasteiger partial charge >= 0.3 is 0 Å². The highest BCUT2D eigenvalue weighted by molar-refractivity contribution is 5.49. The van der Waals surface area contributed by atoms with Crippen LogP contribution in [0.5, 0.6) is 11.6 Å². The predicted octanol–water partition coefficient (Wildman–Crippen LogP) is 2.78. The molecule has 17 heavy (non-hydrogen) atoms. The van der Waals surface area contributed by atoms with Crippen molar-refractivity contribution in [3.63, 3.8) is 0 Å². The molecule has 0 bridgehead atoms. The number of aromatic nitrogens is 2. The third-order valence-electron chi connectivity index (χ3n) is 2.37. The second kappa shape index (κ2) is 4.41. The first kappa shape index (κ1) is 11.4. The van der Waals surface area contributed by atoms with Crippen molar-refractivity contribution in [3.8, 4) is 11.6 Å². The fourth-order valence-electron chi connectivity index (χ4n) is 1.57. The maximum absolute atomic E-state index is 5.73. The fraction of sp³-hybridized carbons (Fsp3) is 0.231. The van der Waals surface area contributed by atoms with Gasteiger partial charge in [0, 0.05) is 23.5 Å². The number of nitrogen functional groups attached to an aromatic ring is 1. The maximum atomic E-state index is 5.73. The number of benzene rings is 1. The average Bonchev–Trinajstić information content (AvgIpc) is 2.22. The number of rotatable bonds is 2. The van der Waals surface area contributed by atoms with Gasteiger partial charge in [0.15, 0.2) is 0 Å². The molecule has 0 unspecified atom stereocenters.